The normalized spacial score (nSPS) is 14.6. The third-order valence-electron chi connectivity index (χ3n) is 4.49. The Morgan fingerprint density at radius 1 is 1.32 bits per heavy atom. The third kappa shape index (κ3) is 3.70. The summed E-state index contributed by atoms with van der Waals surface area (Å²) in [5, 5.41) is 13.7. The Labute approximate surface area is 146 Å². The number of aryl methyl sites for hydroxylation is 1. The second-order valence-electron chi connectivity index (χ2n) is 6.36. The minimum Gasteiger partial charge on any atom is -0.358 e. The van der Waals surface area contributed by atoms with Crippen LogP contribution in [0.1, 0.15) is 18.5 Å². The first-order chi connectivity index (χ1) is 11.7. The average molecular weight is 349 g/mol. The van der Waals surface area contributed by atoms with Crippen molar-refractivity contribution in [3.05, 3.63) is 27.9 Å². The number of likely N-dealkylation sites (N-methyl/N-ethyl adjacent to an activating group) is 2. The molecule has 1 aliphatic carbocycles. The minimum absolute atomic E-state index is 0.0777. The number of nitro groups is 1. The zero-order valence-electron chi connectivity index (χ0n) is 14.9. The van der Waals surface area contributed by atoms with E-state index in [9.17, 15) is 19.7 Å². The van der Waals surface area contributed by atoms with Crippen LogP contribution in [0.25, 0.3) is 0 Å². The van der Waals surface area contributed by atoms with E-state index in [0.29, 0.717) is 31.6 Å². The van der Waals surface area contributed by atoms with Gasteiger partial charge in [0.15, 0.2) is 0 Å². The molecule has 0 saturated heterocycles. The van der Waals surface area contributed by atoms with E-state index in [1.165, 1.54) is 18.0 Å². The Hall–Kier alpha value is -2.71. The monoisotopic (exact) mass is 349 g/mol. The SMILES string of the molecule is CNC(=O)C1(C(=O)N(C)CCN(C)c2nc(C)ccc2[N+](=O)[O-])CC1. The van der Waals surface area contributed by atoms with Crippen LogP contribution in [0.15, 0.2) is 12.1 Å². The van der Waals surface area contributed by atoms with Crippen LogP contribution in [0.2, 0.25) is 0 Å². The molecule has 1 aromatic rings. The fourth-order valence-electron chi connectivity index (χ4n) is 2.73. The molecule has 0 atom stereocenters. The lowest BCUT2D eigenvalue weighted by atomic mass is 10.0. The minimum atomic E-state index is -0.935. The third-order valence-corrected chi connectivity index (χ3v) is 4.49. The molecule has 136 valence electrons. The molecule has 9 heteroatoms. The second-order valence-corrected chi connectivity index (χ2v) is 6.36. The highest BCUT2D eigenvalue weighted by Gasteiger charge is 2.57. The molecule has 0 aliphatic heterocycles. The number of hydrogen-bond acceptors (Lipinski definition) is 6. The van der Waals surface area contributed by atoms with E-state index in [0.717, 1.165) is 0 Å². The van der Waals surface area contributed by atoms with Crippen molar-refractivity contribution in [3.8, 4) is 0 Å². The summed E-state index contributed by atoms with van der Waals surface area (Å²) in [6.45, 7) is 2.46. The number of carbonyl (C=O) groups is 2. The molecule has 0 unspecified atom stereocenters. The van der Waals surface area contributed by atoms with Gasteiger partial charge in [0.05, 0.1) is 4.92 Å². The zero-order valence-corrected chi connectivity index (χ0v) is 14.9. The van der Waals surface area contributed by atoms with Gasteiger partial charge in [-0.2, -0.15) is 0 Å². The van der Waals surface area contributed by atoms with Crippen molar-refractivity contribution in [2.45, 2.75) is 19.8 Å². The van der Waals surface area contributed by atoms with Crippen molar-refractivity contribution in [3.63, 3.8) is 0 Å². The number of nitrogens with one attached hydrogen (secondary N) is 1. The van der Waals surface area contributed by atoms with Crippen molar-refractivity contribution < 1.29 is 14.5 Å². The molecular formula is C16H23N5O4. The molecule has 1 aromatic heterocycles. The molecular weight excluding hydrogens is 326 g/mol. The molecule has 0 spiro atoms. The summed E-state index contributed by atoms with van der Waals surface area (Å²) in [5.41, 5.74) is -0.338. The second kappa shape index (κ2) is 7.04. The quantitative estimate of drug-likeness (QED) is 0.441. The molecule has 2 rings (SSSR count). The van der Waals surface area contributed by atoms with E-state index < -0.39 is 10.3 Å². The molecule has 1 N–H and O–H groups in total. The van der Waals surface area contributed by atoms with Crippen molar-refractivity contribution in [2.24, 2.45) is 5.41 Å². The van der Waals surface area contributed by atoms with Crippen molar-refractivity contribution in [1.29, 1.82) is 0 Å². The Morgan fingerprint density at radius 2 is 1.96 bits per heavy atom. The Morgan fingerprint density at radius 3 is 2.48 bits per heavy atom. The van der Waals surface area contributed by atoms with Gasteiger partial charge in [-0.05, 0) is 25.8 Å². The largest absolute Gasteiger partial charge is 0.358 e. The van der Waals surface area contributed by atoms with Gasteiger partial charge in [0, 0.05) is 46.0 Å². The van der Waals surface area contributed by atoms with Crippen LogP contribution >= 0.6 is 0 Å². The average Bonchev–Trinajstić information content (AvgIpc) is 3.39. The predicted molar refractivity (Wildman–Crippen MR) is 92.3 cm³/mol. The first-order valence-corrected chi connectivity index (χ1v) is 8.04. The van der Waals surface area contributed by atoms with E-state index in [4.69, 9.17) is 0 Å². The summed E-state index contributed by atoms with van der Waals surface area (Å²) in [4.78, 5) is 42.5. The molecule has 0 radical (unpaired) electrons. The summed E-state index contributed by atoms with van der Waals surface area (Å²) in [6, 6.07) is 3.01. The van der Waals surface area contributed by atoms with Crippen molar-refractivity contribution >= 4 is 23.3 Å². The molecule has 1 heterocycles. The van der Waals surface area contributed by atoms with Crippen LogP contribution in [0.4, 0.5) is 11.5 Å². The van der Waals surface area contributed by atoms with Crippen LogP contribution in [0.3, 0.4) is 0 Å². The fraction of sp³-hybridized carbons (Fsp3) is 0.562. The number of anilines is 1. The van der Waals surface area contributed by atoms with E-state index in [2.05, 4.69) is 10.3 Å². The van der Waals surface area contributed by atoms with Crippen molar-refractivity contribution in [1.82, 2.24) is 15.2 Å². The smallest absolute Gasteiger partial charge is 0.311 e. The summed E-state index contributed by atoms with van der Waals surface area (Å²) in [5.74, 6) is -0.209. The van der Waals surface area contributed by atoms with Crippen LogP contribution in [-0.2, 0) is 9.59 Å². The molecule has 0 aromatic carbocycles. The summed E-state index contributed by atoms with van der Waals surface area (Å²) >= 11 is 0. The molecule has 9 nitrogen and oxygen atoms in total. The number of nitrogens with zero attached hydrogens (tertiary/aromatic N) is 4. The molecule has 1 saturated carbocycles. The van der Waals surface area contributed by atoms with Crippen LogP contribution in [0, 0.1) is 22.5 Å². The maximum atomic E-state index is 12.5. The molecule has 1 aliphatic rings. The summed E-state index contributed by atoms with van der Waals surface area (Å²) < 4.78 is 0. The van der Waals surface area contributed by atoms with Gasteiger partial charge in [-0.3, -0.25) is 19.7 Å². The van der Waals surface area contributed by atoms with Gasteiger partial charge < -0.3 is 15.1 Å². The molecule has 1 fully saturated rings. The van der Waals surface area contributed by atoms with Crippen LogP contribution in [0.5, 0.6) is 0 Å². The standard InChI is InChI=1S/C16H23N5O4/c1-11-5-6-12(21(24)25)13(18-11)19(3)9-10-20(4)15(23)16(7-8-16)14(22)17-2/h5-6H,7-10H2,1-4H3,(H,17,22). The van der Waals surface area contributed by atoms with Gasteiger partial charge in [0.2, 0.25) is 17.6 Å². The maximum Gasteiger partial charge on any atom is 0.311 e. The lowest BCUT2D eigenvalue weighted by molar-refractivity contribution is -0.384. The summed E-state index contributed by atoms with van der Waals surface area (Å²) in [6.07, 6.45) is 1.10. The van der Waals surface area contributed by atoms with Gasteiger partial charge in [0.1, 0.15) is 5.41 Å². The maximum absolute atomic E-state index is 12.5. The highest BCUT2D eigenvalue weighted by molar-refractivity contribution is 6.07. The van der Waals surface area contributed by atoms with Gasteiger partial charge >= 0.3 is 5.69 Å². The van der Waals surface area contributed by atoms with Gasteiger partial charge in [-0.15, -0.1) is 0 Å². The Bertz CT molecular complexity index is 702. The molecule has 0 bridgehead atoms. The number of hydrogen-bond donors (Lipinski definition) is 1. The van der Waals surface area contributed by atoms with E-state index in [1.54, 1.807) is 32.0 Å². The molecule has 2 amide bonds. The number of amides is 2. The van der Waals surface area contributed by atoms with E-state index in [-0.39, 0.29) is 23.3 Å². The highest BCUT2D eigenvalue weighted by Crippen LogP contribution is 2.47. The lowest BCUT2D eigenvalue weighted by Crippen LogP contribution is -2.45. The number of aromatic nitrogens is 1. The fourth-order valence-corrected chi connectivity index (χ4v) is 2.73. The summed E-state index contributed by atoms with van der Waals surface area (Å²) in [7, 11) is 4.85. The van der Waals surface area contributed by atoms with Crippen LogP contribution < -0.4 is 10.2 Å². The Balaban J connectivity index is 2.04. The van der Waals surface area contributed by atoms with E-state index >= 15 is 0 Å². The highest BCUT2D eigenvalue weighted by atomic mass is 16.6. The van der Waals surface area contributed by atoms with Crippen molar-refractivity contribution in [2.75, 3.05) is 39.1 Å². The molecule has 25 heavy (non-hydrogen) atoms. The lowest BCUT2D eigenvalue weighted by Gasteiger charge is -2.25. The number of carbonyl (C=O) groups excluding carboxylic acids is 2. The topological polar surface area (TPSA) is 109 Å². The predicted octanol–water partition coefficient (Wildman–Crippen LogP) is 0.719. The number of rotatable bonds is 7. The van der Waals surface area contributed by atoms with Gasteiger partial charge in [0.25, 0.3) is 0 Å². The number of pyridine rings is 1. The van der Waals surface area contributed by atoms with E-state index in [1.807, 2.05) is 0 Å². The first kappa shape index (κ1) is 18.6. The van der Waals surface area contributed by atoms with Gasteiger partial charge in [-0.25, -0.2) is 4.98 Å². The van der Waals surface area contributed by atoms with Gasteiger partial charge in [-0.1, -0.05) is 0 Å². The van der Waals surface area contributed by atoms with Crippen LogP contribution in [-0.4, -0.2) is 60.9 Å². The zero-order chi connectivity index (χ0) is 18.8. The Kier molecular flexibility index (Phi) is 5.24. The first-order valence-electron chi connectivity index (χ1n) is 8.04.